The molecule has 0 heterocycles. The van der Waals surface area contributed by atoms with Crippen molar-refractivity contribution in [1.29, 1.82) is 0 Å². The van der Waals surface area contributed by atoms with Crippen molar-refractivity contribution in [1.82, 2.24) is 0 Å². The number of nitrogen functional groups attached to an aromatic ring is 1. The number of ether oxygens (including phenoxy) is 1. The zero-order valence-electron chi connectivity index (χ0n) is 15.0. The molecule has 0 saturated carbocycles. The van der Waals surface area contributed by atoms with Crippen molar-refractivity contribution in [3.8, 4) is 5.75 Å². The number of anilines is 1. The van der Waals surface area contributed by atoms with Crippen LogP contribution >= 0.6 is 15.2 Å². The summed E-state index contributed by atoms with van der Waals surface area (Å²) in [6.45, 7) is 6.93. The van der Waals surface area contributed by atoms with Crippen molar-refractivity contribution in [2.24, 2.45) is 0 Å². The molecular weight excluding hydrogens is 368 g/mol. The fourth-order valence-electron chi connectivity index (χ4n) is 2.02. The Morgan fingerprint density at radius 3 is 1.48 bits per heavy atom. The van der Waals surface area contributed by atoms with Gasteiger partial charge in [-0.25, -0.2) is 0 Å². The van der Waals surface area contributed by atoms with Crippen molar-refractivity contribution in [2.75, 3.05) is 32.2 Å². The Morgan fingerprint density at radius 2 is 1.16 bits per heavy atom. The second kappa shape index (κ2) is 10.3. The zero-order chi connectivity index (χ0) is 18.9. The lowest BCUT2D eigenvalue weighted by Crippen LogP contribution is -2.23. The first kappa shape index (κ1) is 22.2. The molecule has 0 aliphatic carbocycles. The number of nitrogens with two attached hydrogens (primary N) is 1. The van der Waals surface area contributed by atoms with Gasteiger partial charge >= 0.3 is 15.2 Å². The highest BCUT2D eigenvalue weighted by Crippen LogP contribution is 2.70. The molecule has 0 atom stereocenters. The predicted molar refractivity (Wildman–Crippen MR) is 97.0 cm³/mol. The molecule has 10 heteroatoms. The van der Waals surface area contributed by atoms with E-state index in [4.69, 9.17) is 28.6 Å². The third-order valence-corrected chi connectivity index (χ3v) is 8.36. The maximum Gasteiger partial charge on any atom is 0.383 e. The number of hydrogen-bond donors (Lipinski definition) is 1. The smallest absolute Gasteiger partial charge is 0.383 e. The first-order valence-corrected chi connectivity index (χ1v) is 11.4. The summed E-state index contributed by atoms with van der Waals surface area (Å²) in [5.74, 6) is 0.290. The summed E-state index contributed by atoms with van der Waals surface area (Å²) >= 11 is 0. The highest BCUT2D eigenvalue weighted by Gasteiger charge is 2.53. The van der Waals surface area contributed by atoms with Crippen LogP contribution in [-0.2, 0) is 27.2 Å². The van der Waals surface area contributed by atoms with Crippen LogP contribution in [0.2, 0.25) is 0 Å². The highest BCUT2D eigenvalue weighted by molar-refractivity contribution is 7.72. The number of hydrogen-bond acceptors (Lipinski definition) is 8. The van der Waals surface area contributed by atoms with Gasteiger partial charge < -0.3 is 28.6 Å². The SMILES string of the molecule is CCOP(=O)(OCC)C(Oc1ccc(N)cc1)P(=O)(OCC)OCC. The topological polar surface area (TPSA) is 106 Å². The molecule has 0 spiro atoms. The lowest BCUT2D eigenvalue weighted by atomic mass is 10.3. The Balaban J connectivity index is 3.34. The van der Waals surface area contributed by atoms with Crippen LogP contribution in [0.3, 0.4) is 0 Å². The van der Waals surface area contributed by atoms with Crippen molar-refractivity contribution in [2.45, 2.75) is 33.3 Å². The molecule has 0 unspecified atom stereocenters. The molecule has 8 nitrogen and oxygen atoms in total. The fraction of sp³-hybridized carbons (Fsp3) is 0.600. The Hall–Kier alpha value is -0.880. The van der Waals surface area contributed by atoms with E-state index in [9.17, 15) is 9.13 Å². The molecule has 0 amide bonds. The second-order valence-electron chi connectivity index (χ2n) is 4.76. The van der Waals surface area contributed by atoms with E-state index < -0.39 is 20.8 Å². The molecule has 0 aliphatic rings. The molecule has 1 rings (SSSR count). The molecule has 1 aromatic rings. The van der Waals surface area contributed by atoms with Gasteiger partial charge in [0.25, 0.3) is 5.59 Å². The van der Waals surface area contributed by atoms with Gasteiger partial charge in [0.15, 0.2) is 0 Å². The first-order valence-electron chi connectivity index (χ1n) is 8.14. The van der Waals surface area contributed by atoms with Crippen LogP contribution in [0.4, 0.5) is 5.69 Å². The van der Waals surface area contributed by atoms with Gasteiger partial charge in [0.1, 0.15) is 5.75 Å². The molecular formula is C15H27NO7P2. The Labute approximate surface area is 149 Å². The maximum absolute atomic E-state index is 13.3. The van der Waals surface area contributed by atoms with Crippen molar-refractivity contribution < 1.29 is 32.0 Å². The van der Waals surface area contributed by atoms with Crippen LogP contribution in [0.15, 0.2) is 24.3 Å². The van der Waals surface area contributed by atoms with Crippen LogP contribution in [0.5, 0.6) is 5.75 Å². The minimum Gasteiger partial charge on any atom is -0.465 e. The summed E-state index contributed by atoms with van der Waals surface area (Å²) in [4.78, 5) is 0. The molecule has 0 aliphatic heterocycles. The van der Waals surface area contributed by atoms with Crippen LogP contribution in [0.25, 0.3) is 0 Å². The van der Waals surface area contributed by atoms with Crippen molar-refractivity contribution in [3.63, 3.8) is 0 Å². The highest BCUT2D eigenvalue weighted by atomic mass is 31.2. The molecule has 2 N–H and O–H groups in total. The van der Waals surface area contributed by atoms with Crippen LogP contribution in [0, 0.1) is 0 Å². The molecule has 0 fully saturated rings. The van der Waals surface area contributed by atoms with E-state index in [0.29, 0.717) is 11.4 Å². The number of benzene rings is 1. The van der Waals surface area contributed by atoms with Crippen molar-refractivity contribution in [3.05, 3.63) is 24.3 Å². The first-order chi connectivity index (χ1) is 11.8. The molecule has 0 saturated heterocycles. The third kappa shape index (κ3) is 6.10. The Bertz CT molecular complexity index is 558. The van der Waals surface area contributed by atoms with Crippen LogP contribution in [0.1, 0.15) is 27.7 Å². The lowest BCUT2D eigenvalue weighted by Gasteiger charge is -2.31. The molecule has 25 heavy (non-hydrogen) atoms. The van der Waals surface area contributed by atoms with Crippen LogP contribution < -0.4 is 10.5 Å². The fourth-order valence-corrected chi connectivity index (χ4v) is 6.81. The number of rotatable bonds is 12. The van der Waals surface area contributed by atoms with E-state index in [1.807, 2.05) is 0 Å². The van der Waals surface area contributed by atoms with E-state index in [-0.39, 0.29) is 26.4 Å². The van der Waals surface area contributed by atoms with E-state index in [1.165, 1.54) is 0 Å². The molecule has 144 valence electrons. The van der Waals surface area contributed by atoms with Crippen molar-refractivity contribution >= 4 is 20.9 Å². The second-order valence-corrected chi connectivity index (χ2v) is 9.30. The summed E-state index contributed by atoms with van der Waals surface area (Å²) in [6.07, 6.45) is 0. The zero-order valence-corrected chi connectivity index (χ0v) is 16.8. The minimum absolute atomic E-state index is 0.0805. The van der Waals surface area contributed by atoms with Gasteiger partial charge in [0, 0.05) is 5.69 Å². The summed E-state index contributed by atoms with van der Waals surface area (Å²) in [5, 5.41) is 0. The van der Waals surface area contributed by atoms with Gasteiger partial charge in [-0.1, -0.05) is 0 Å². The molecule has 0 aromatic heterocycles. The summed E-state index contributed by atoms with van der Waals surface area (Å²) in [5.41, 5.74) is 4.63. The van der Waals surface area contributed by atoms with E-state index in [2.05, 4.69) is 0 Å². The van der Waals surface area contributed by atoms with Gasteiger partial charge in [-0.3, -0.25) is 9.13 Å². The van der Waals surface area contributed by atoms with Gasteiger partial charge in [-0.2, -0.15) is 0 Å². The minimum atomic E-state index is -3.95. The Morgan fingerprint density at radius 1 is 0.800 bits per heavy atom. The summed E-state index contributed by atoms with van der Waals surface area (Å²) < 4.78 is 53.5. The predicted octanol–water partition coefficient (Wildman–Crippen LogP) is 4.46. The largest absolute Gasteiger partial charge is 0.465 e. The molecule has 1 aromatic carbocycles. The van der Waals surface area contributed by atoms with Gasteiger partial charge in [0.05, 0.1) is 26.4 Å². The van der Waals surface area contributed by atoms with E-state index >= 15 is 0 Å². The van der Waals surface area contributed by atoms with E-state index in [0.717, 1.165) is 0 Å². The molecule has 0 bridgehead atoms. The summed E-state index contributed by atoms with van der Waals surface area (Å²) in [7, 11) is -7.91. The monoisotopic (exact) mass is 395 g/mol. The van der Waals surface area contributed by atoms with Gasteiger partial charge in [0.2, 0.25) is 0 Å². The third-order valence-electron chi connectivity index (χ3n) is 2.90. The molecule has 0 radical (unpaired) electrons. The normalized spacial score (nSPS) is 12.5. The average molecular weight is 395 g/mol. The van der Waals surface area contributed by atoms with Gasteiger partial charge in [-0.05, 0) is 52.0 Å². The lowest BCUT2D eigenvalue weighted by molar-refractivity contribution is 0.150. The van der Waals surface area contributed by atoms with Gasteiger partial charge in [-0.15, -0.1) is 0 Å². The van der Waals surface area contributed by atoms with Crippen LogP contribution in [-0.4, -0.2) is 32.0 Å². The Kier molecular flexibility index (Phi) is 9.14. The van der Waals surface area contributed by atoms with E-state index in [1.54, 1.807) is 52.0 Å². The average Bonchev–Trinajstić information content (AvgIpc) is 2.55. The summed E-state index contributed by atoms with van der Waals surface area (Å²) in [6, 6.07) is 6.33. The maximum atomic E-state index is 13.3. The standard InChI is InChI=1S/C15H27NO7P2/c1-5-19-24(17,20-6-2)15(25(18,21-7-3)22-8-4)23-14-11-9-13(16)10-12-14/h9-12,15H,5-8,16H2,1-4H3. The quantitative estimate of drug-likeness (QED) is 0.408.